The molecule has 14 heavy (non-hydrogen) atoms. The van der Waals surface area contributed by atoms with Gasteiger partial charge in [-0.2, -0.15) is 16.4 Å². The monoisotopic (exact) mass is 225 g/mol. The molecule has 0 amide bonds. The van der Waals surface area contributed by atoms with E-state index >= 15 is 0 Å². The number of hydrogen-bond acceptors (Lipinski definition) is 4. The van der Waals surface area contributed by atoms with Crippen molar-refractivity contribution in [2.75, 3.05) is 5.75 Å². The summed E-state index contributed by atoms with van der Waals surface area (Å²) in [4.78, 5) is 0. The molecule has 3 nitrogen and oxygen atoms in total. The van der Waals surface area contributed by atoms with Gasteiger partial charge in [0.1, 0.15) is 0 Å². The third-order valence-corrected chi connectivity index (χ3v) is 2.74. The zero-order valence-electron chi connectivity index (χ0n) is 7.59. The molecule has 0 aliphatic heterocycles. The standard InChI is InChI=1S/C9H11N3S2/c1-2-4-14-9(10)12-11-6-8-3-5-13-7-8/h2-3,5-7H,1,4H2,(H2,10,12)/b11-6+. The molecule has 74 valence electrons. The molecule has 0 fully saturated rings. The Kier molecular flexibility index (Phi) is 5.03. The van der Waals surface area contributed by atoms with Crippen molar-refractivity contribution in [3.63, 3.8) is 0 Å². The Morgan fingerprint density at radius 1 is 1.71 bits per heavy atom. The highest BCUT2D eigenvalue weighted by Crippen LogP contribution is 2.03. The van der Waals surface area contributed by atoms with Gasteiger partial charge in [0.2, 0.25) is 0 Å². The summed E-state index contributed by atoms with van der Waals surface area (Å²) >= 11 is 3.04. The van der Waals surface area contributed by atoms with Gasteiger partial charge >= 0.3 is 0 Å². The highest BCUT2D eigenvalue weighted by Gasteiger charge is 1.89. The van der Waals surface area contributed by atoms with Crippen LogP contribution in [0, 0.1) is 0 Å². The maximum atomic E-state index is 5.55. The van der Waals surface area contributed by atoms with Crippen molar-refractivity contribution in [2.45, 2.75) is 0 Å². The van der Waals surface area contributed by atoms with Crippen LogP contribution in [0.4, 0.5) is 0 Å². The fourth-order valence-electron chi connectivity index (χ4n) is 0.674. The molecular formula is C9H11N3S2. The Hall–Kier alpha value is -1.07. The van der Waals surface area contributed by atoms with Crippen molar-refractivity contribution in [1.29, 1.82) is 0 Å². The van der Waals surface area contributed by atoms with Crippen LogP contribution in [0.1, 0.15) is 5.56 Å². The van der Waals surface area contributed by atoms with E-state index in [4.69, 9.17) is 5.73 Å². The Balaban J connectivity index is 2.41. The second-order valence-corrected chi connectivity index (χ2v) is 4.16. The second-order valence-electron chi connectivity index (χ2n) is 2.34. The van der Waals surface area contributed by atoms with E-state index in [0.717, 1.165) is 11.3 Å². The minimum absolute atomic E-state index is 0.455. The third-order valence-electron chi connectivity index (χ3n) is 1.26. The SMILES string of the molecule is C=CCSC(N)=N/N=C/c1ccsc1. The van der Waals surface area contributed by atoms with Crippen LogP contribution in [0.2, 0.25) is 0 Å². The predicted octanol–water partition coefficient (Wildman–Crippen LogP) is 2.32. The molecule has 0 saturated carbocycles. The fraction of sp³-hybridized carbons (Fsp3) is 0.111. The van der Waals surface area contributed by atoms with Crippen LogP contribution in [0.25, 0.3) is 0 Å². The highest BCUT2D eigenvalue weighted by atomic mass is 32.2. The largest absolute Gasteiger partial charge is 0.377 e. The lowest BCUT2D eigenvalue weighted by Gasteiger charge is -1.91. The number of thiophene rings is 1. The summed E-state index contributed by atoms with van der Waals surface area (Å²) in [5, 5.41) is 12.1. The molecule has 0 radical (unpaired) electrons. The van der Waals surface area contributed by atoms with E-state index in [-0.39, 0.29) is 0 Å². The molecule has 1 rings (SSSR count). The molecule has 0 aliphatic carbocycles. The van der Waals surface area contributed by atoms with Gasteiger partial charge < -0.3 is 5.73 Å². The molecule has 0 unspecified atom stereocenters. The molecule has 5 heteroatoms. The van der Waals surface area contributed by atoms with Crippen LogP contribution in [0.3, 0.4) is 0 Å². The Morgan fingerprint density at radius 2 is 2.57 bits per heavy atom. The molecule has 1 heterocycles. The summed E-state index contributed by atoms with van der Waals surface area (Å²) in [5.41, 5.74) is 6.60. The van der Waals surface area contributed by atoms with Crippen molar-refractivity contribution in [2.24, 2.45) is 15.9 Å². The first-order chi connectivity index (χ1) is 6.83. The number of hydrogen-bond donors (Lipinski definition) is 1. The average Bonchev–Trinajstić information content (AvgIpc) is 2.67. The molecule has 1 aromatic rings. The molecule has 0 bridgehead atoms. The zero-order chi connectivity index (χ0) is 10.2. The topological polar surface area (TPSA) is 50.7 Å². The number of nitrogens with zero attached hydrogens (tertiary/aromatic N) is 2. The van der Waals surface area contributed by atoms with Crippen molar-refractivity contribution in [3.8, 4) is 0 Å². The predicted molar refractivity (Wildman–Crippen MR) is 66.2 cm³/mol. The van der Waals surface area contributed by atoms with Crippen LogP contribution in [-0.4, -0.2) is 17.1 Å². The van der Waals surface area contributed by atoms with Gasteiger partial charge in [0.25, 0.3) is 0 Å². The minimum Gasteiger partial charge on any atom is -0.377 e. The molecule has 2 N–H and O–H groups in total. The molecule has 0 aromatic carbocycles. The normalized spacial score (nSPS) is 12.1. The zero-order valence-corrected chi connectivity index (χ0v) is 9.22. The summed E-state index contributed by atoms with van der Waals surface area (Å²) < 4.78 is 0. The Morgan fingerprint density at radius 3 is 3.21 bits per heavy atom. The molecule has 0 atom stereocenters. The van der Waals surface area contributed by atoms with Crippen molar-refractivity contribution >= 4 is 34.5 Å². The van der Waals surface area contributed by atoms with Crippen LogP contribution < -0.4 is 5.73 Å². The maximum Gasteiger partial charge on any atom is 0.180 e. The smallest absolute Gasteiger partial charge is 0.180 e. The van der Waals surface area contributed by atoms with E-state index in [1.54, 1.807) is 23.6 Å². The van der Waals surface area contributed by atoms with Gasteiger partial charge in [0.05, 0.1) is 6.21 Å². The summed E-state index contributed by atoms with van der Waals surface area (Å²) in [7, 11) is 0. The van der Waals surface area contributed by atoms with E-state index in [1.165, 1.54) is 11.8 Å². The van der Waals surface area contributed by atoms with E-state index in [1.807, 2.05) is 16.8 Å². The minimum atomic E-state index is 0.455. The molecule has 1 aromatic heterocycles. The Labute approximate surface area is 91.4 Å². The summed E-state index contributed by atoms with van der Waals surface area (Å²) in [6.45, 7) is 3.59. The quantitative estimate of drug-likeness (QED) is 0.370. The van der Waals surface area contributed by atoms with Crippen molar-refractivity contribution in [3.05, 3.63) is 35.0 Å². The van der Waals surface area contributed by atoms with Gasteiger partial charge in [-0.25, -0.2) is 0 Å². The highest BCUT2D eigenvalue weighted by molar-refractivity contribution is 8.13. The van der Waals surface area contributed by atoms with Crippen molar-refractivity contribution in [1.82, 2.24) is 0 Å². The Bertz CT molecular complexity index is 328. The number of nitrogens with two attached hydrogens (primary N) is 1. The van der Waals surface area contributed by atoms with Crippen LogP contribution >= 0.6 is 23.1 Å². The first-order valence-electron chi connectivity index (χ1n) is 3.95. The van der Waals surface area contributed by atoms with E-state index in [9.17, 15) is 0 Å². The van der Waals surface area contributed by atoms with Gasteiger partial charge in [0, 0.05) is 11.3 Å². The fourth-order valence-corrected chi connectivity index (χ4v) is 1.68. The van der Waals surface area contributed by atoms with E-state index in [0.29, 0.717) is 5.17 Å². The molecular weight excluding hydrogens is 214 g/mol. The summed E-state index contributed by atoms with van der Waals surface area (Å²) in [6.07, 6.45) is 3.45. The lowest BCUT2D eigenvalue weighted by atomic mass is 10.4. The first kappa shape index (κ1) is 11.0. The van der Waals surface area contributed by atoms with Gasteiger partial charge in [0.15, 0.2) is 5.17 Å². The molecule has 0 saturated heterocycles. The lowest BCUT2D eigenvalue weighted by Crippen LogP contribution is -2.05. The molecule has 0 spiro atoms. The number of amidine groups is 1. The van der Waals surface area contributed by atoms with Gasteiger partial charge in [-0.3, -0.25) is 0 Å². The van der Waals surface area contributed by atoms with E-state index < -0.39 is 0 Å². The second kappa shape index (κ2) is 6.39. The maximum absolute atomic E-state index is 5.55. The van der Waals surface area contributed by atoms with Gasteiger partial charge in [-0.05, 0) is 16.8 Å². The number of thioether (sulfide) groups is 1. The third kappa shape index (κ3) is 4.25. The lowest BCUT2D eigenvalue weighted by molar-refractivity contribution is 1.25. The van der Waals surface area contributed by atoms with E-state index in [2.05, 4.69) is 16.8 Å². The van der Waals surface area contributed by atoms with Gasteiger partial charge in [-0.15, -0.1) is 11.7 Å². The van der Waals surface area contributed by atoms with Gasteiger partial charge in [-0.1, -0.05) is 17.8 Å². The summed E-state index contributed by atoms with van der Waals surface area (Å²) in [5.74, 6) is 0.753. The van der Waals surface area contributed by atoms with Crippen LogP contribution in [-0.2, 0) is 0 Å². The number of rotatable bonds is 4. The summed E-state index contributed by atoms with van der Waals surface area (Å²) in [6, 6.07) is 1.97. The van der Waals surface area contributed by atoms with Crippen LogP contribution in [0.5, 0.6) is 0 Å². The van der Waals surface area contributed by atoms with Crippen LogP contribution in [0.15, 0.2) is 39.7 Å². The first-order valence-corrected chi connectivity index (χ1v) is 5.88. The van der Waals surface area contributed by atoms with Crippen molar-refractivity contribution < 1.29 is 0 Å². The average molecular weight is 225 g/mol. The molecule has 0 aliphatic rings.